The summed E-state index contributed by atoms with van der Waals surface area (Å²) in [7, 11) is 0. The van der Waals surface area contributed by atoms with Crippen molar-refractivity contribution in [1.82, 2.24) is 0 Å². The summed E-state index contributed by atoms with van der Waals surface area (Å²) < 4.78 is 0. The van der Waals surface area contributed by atoms with E-state index in [1.165, 1.54) is 87.6 Å². The Morgan fingerprint density at radius 3 is 1.41 bits per heavy atom. The standard InChI is InChI=1S/C46H30/c1-2-15-32(16-3-1)37-19-8-9-21-39(37)46-42-24-12-10-22-40(42)45(41-23-11-13-25-43(41)46)36-29-34-18-6-7-20-38(34)44(30-36)35-27-26-31-14-4-5-17-33(31)28-35/h1-30H. The first-order valence-corrected chi connectivity index (χ1v) is 15.9. The second-order valence-electron chi connectivity index (χ2n) is 12.1. The minimum absolute atomic E-state index is 1.23. The molecule has 0 unspecified atom stereocenters. The van der Waals surface area contributed by atoms with Crippen LogP contribution in [0.1, 0.15) is 0 Å². The van der Waals surface area contributed by atoms with Crippen LogP contribution in [0.5, 0.6) is 0 Å². The van der Waals surface area contributed by atoms with Crippen molar-refractivity contribution >= 4 is 43.1 Å². The molecule has 0 aromatic heterocycles. The second kappa shape index (κ2) is 10.9. The van der Waals surface area contributed by atoms with Crippen LogP contribution in [0.2, 0.25) is 0 Å². The molecule has 0 amide bonds. The summed E-state index contributed by atoms with van der Waals surface area (Å²) in [4.78, 5) is 0. The molecular weight excluding hydrogens is 553 g/mol. The Labute approximate surface area is 268 Å². The first-order valence-electron chi connectivity index (χ1n) is 15.9. The predicted octanol–water partition coefficient (Wildman–Crippen LogP) is 13.0. The Bertz CT molecular complexity index is 2520. The number of hydrogen-bond donors (Lipinski definition) is 0. The van der Waals surface area contributed by atoms with Crippen LogP contribution in [0, 0.1) is 0 Å². The van der Waals surface area contributed by atoms with E-state index in [1.54, 1.807) is 0 Å². The topological polar surface area (TPSA) is 0 Å². The maximum absolute atomic E-state index is 2.41. The van der Waals surface area contributed by atoms with Gasteiger partial charge in [0.15, 0.2) is 0 Å². The van der Waals surface area contributed by atoms with E-state index in [2.05, 4.69) is 182 Å². The van der Waals surface area contributed by atoms with Crippen molar-refractivity contribution in [2.45, 2.75) is 0 Å². The van der Waals surface area contributed by atoms with E-state index in [0.717, 1.165) is 0 Å². The molecule has 9 aromatic carbocycles. The van der Waals surface area contributed by atoms with Crippen LogP contribution in [0.4, 0.5) is 0 Å². The van der Waals surface area contributed by atoms with Crippen molar-refractivity contribution in [3.05, 3.63) is 182 Å². The SMILES string of the molecule is c1ccc(-c2ccccc2-c2c3ccccc3c(-c3cc(-c4ccc5ccccc5c4)c4ccccc4c3)c3ccccc23)cc1. The van der Waals surface area contributed by atoms with Gasteiger partial charge in [-0.1, -0.05) is 164 Å². The number of hydrogen-bond acceptors (Lipinski definition) is 0. The van der Waals surface area contributed by atoms with Gasteiger partial charge in [0.2, 0.25) is 0 Å². The molecule has 0 aliphatic heterocycles. The Morgan fingerprint density at radius 2 is 0.717 bits per heavy atom. The summed E-state index contributed by atoms with van der Waals surface area (Å²) in [6.07, 6.45) is 0. The van der Waals surface area contributed by atoms with Gasteiger partial charge in [-0.3, -0.25) is 0 Å². The highest BCUT2D eigenvalue weighted by molar-refractivity contribution is 6.23. The van der Waals surface area contributed by atoms with Crippen LogP contribution < -0.4 is 0 Å². The molecule has 0 radical (unpaired) electrons. The van der Waals surface area contributed by atoms with Gasteiger partial charge in [-0.2, -0.15) is 0 Å². The van der Waals surface area contributed by atoms with Crippen molar-refractivity contribution in [3.63, 3.8) is 0 Å². The minimum Gasteiger partial charge on any atom is -0.0622 e. The molecule has 0 aliphatic rings. The van der Waals surface area contributed by atoms with Gasteiger partial charge < -0.3 is 0 Å². The van der Waals surface area contributed by atoms with Crippen molar-refractivity contribution in [1.29, 1.82) is 0 Å². The van der Waals surface area contributed by atoms with Gasteiger partial charge in [0.05, 0.1) is 0 Å². The zero-order valence-electron chi connectivity index (χ0n) is 25.3. The van der Waals surface area contributed by atoms with Gasteiger partial charge >= 0.3 is 0 Å². The zero-order chi connectivity index (χ0) is 30.5. The molecule has 0 fully saturated rings. The highest BCUT2D eigenvalue weighted by atomic mass is 14.2. The van der Waals surface area contributed by atoms with Crippen LogP contribution >= 0.6 is 0 Å². The van der Waals surface area contributed by atoms with Crippen LogP contribution in [-0.2, 0) is 0 Å². The molecule has 0 atom stereocenters. The van der Waals surface area contributed by atoms with Gasteiger partial charge in [-0.15, -0.1) is 0 Å². The molecule has 0 saturated heterocycles. The Balaban J connectivity index is 1.37. The summed E-state index contributed by atoms with van der Waals surface area (Å²) in [5, 5.41) is 10.1. The van der Waals surface area contributed by atoms with E-state index in [-0.39, 0.29) is 0 Å². The molecule has 0 heterocycles. The molecule has 0 bridgehead atoms. The summed E-state index contributed by atoms with van der Waals surface area (Å²) in [6.45, 7) is 0. The normalized spacial score (nSPS) is 11.5. The third-order valence-corrected chi connectivity index (χ3v) is 9.42. The molecule has 214 valence electrons. The van der Waals surface area contributed by atoms with Crippen molar-refractivity contribution < 1.29 is 0 Å². The van der Waals surface area contributed by atoms with Gasteiger partial charge in [0, 0.05) is 0 Å². The largest absolute Gasteiger partial charge is 0.0622 e. The number of fused-ring (bicyclic) bond motifs is 4. The maximum atomic E-state index is 2.41. The molecule has 0 saturated carbocycles. The fourth-order valence-corrected chi connectivity index (χ4v) is 7.35. The average molecular weight is 583 g/mol. The van der Waals surface area contributed by atoms with E-state index < -0.39 is 0 Å². The lowest BCUT2D eigenvalue weighted by Gasteiger charge is -2.20. The van der Waals surface area contributed by atoms with E-state index in [1.807, 2.05) is 0 Å². The van der Waals surface area contributed by atoms with E-state index >= 15 is 0 Å². The van der Waals surface area contributed by atoms with Crippen LogP contribution in [-0.4, -0.2) is 0 Å². The summed E-state index contributed by atoms with van der Waals surface area (Å²) in [5.74, 6) is 0. The highest BCUT2D eigenvalue weighted by Gasteiger charge is 2.19. The Kier molecular flexibility index (Phi) is 6.25. The molecule has 9 rings (SSSR count). The van der Waals surface area contributed by atoms with Gasteiger partial charge in [0.1, 0.15) is 0 Å². The van der Waals surface area contributed by atoms with Crippen LogP contribution in [0.15, 0.2) is 182 Å². The van der Waals surface area contributed by atoms with Gasteiger partial charge in [0.25, 0.3) is 0 Å². The van der Waals surface area contributed by atoms with Crippen molar-refractivity contribution in [2.75, 3.05) is 0 Å². The average Bonchev–Trinajstić information content (AvgIpc) is 3.13. The molecule has 46 heavy (non-hydrogen) atoms. The molecule has 0 N–H and O–H groups in total. The molecular formula is C46H30. The zero-order valence-corrected chi connectivity index (χ0v) is 25.3. The third-order valence-electron chi connectivity index (χ3n) is 9.42. The number of rotatable bonds is 4. The second-order valence-corrected chi connectivity index (χ2v) is 12.1. The summed E-state index contributed by atoms with van der Waals surface area (Å²) in [6, 6.07) is 66.6. The fourth-order valence-electron chi connectivity index (χ4n) is 7.35. The highest BCUT2D eigenvalue weighted by Crippen LogP contribution is 2.47. The maximum Gasteiger partial charge on any atom is -0.00201 e. The van der Waals surface area contributed by atoms with Crippen LogP contribution in [0.3, 0.4) is 0 Å². The lowest BCUT2D eigenvalue weighted by Crippen LogP contribution is -1.93. The summed E-state index contributed by atoms with van der Waals surface area (Å²) >= 11 is 0. The third kappa shape index (κ3) is 4.30. The van der Waals surface area contributed by atoms with E-state index in [9.17, 15) is 0 Å². The predicted molar refractivity (Wildman–Crippen MR) is 198 cm³/mol. The molecule has 0 nitrogen and oxygen atoms in total. The molecule has 0 spiro atoms. The fraction of sp³-hybridized carbons (Fsp3) is 0. The number of benzene rings is 9. The van der Waals surface area contributed by atoms with Crippen molar-refractivity contribution in [3.8, 4) is 44.5 Å². The molecule has 0 aliphatic carbocycles. The van der Waals surface area contributed by atoms with E-state index in [0.29, 0.717) is 0 Å². The van der Waals surface area contributed by atoms with Gasteiger partial charge in [-0.05, 0) is 106 Å². The first kappa shape index (κ1) is 26.4. The molecule has 0 heteroatoms. The lowest BCUT2D eigenvalue weighted by molar-refractivity contribution is 1.61. The quantitative estimate of drug-likeness (QED) is 0.181. The van der Waals surface area contributed by atoms with E-state index in [4.69, 9.17) is 0 Å². The van der Waals surface area contributed by atoms with Crippen molar-refractivity contribution in [2.24, 2.45) is 0 Å². The Morgan fingerprint density at radius 1 is 0.217 bits per heavy atom. The Hall–Kier alpha value is -5.98. The van der Waals surface area contributed by atoms with Gasteiger partial charge in [-0.25, -0.2) is 0 Å². The van der Waals surface area contributed by atoms with Crippen LogP contribution in [0.25, 0.3) is 87.6 Å². The first-order chi connectivity index (χ1) is 22.8. The molecule has 9 aromatic rings. The lowest BCUT2D eigenvalue weighted by atomic mass is 9.83. The monoisotopic (exact) mass is 582 g/mol. The summed E-state index contributed by atoms with van der Waals surface area (Å²) in [5.41, 5.74) is 10.0. The minimum atomic E-state index is 1.23. The smallest absolute Gasteiger partial charge is 0.00201 e.